The molecule has 294 valence electrons. The summed E-state index contributed by atoms with van der Waals surface area (Å²) < 4.78 is 9.52. The van der Waals surface area contributed by atoms with E-state index >= 15 is 0 Å². The zero-order valence-electron chi connectivity index (χ0n) is 33.3. The normalized spacial score (nSPS) is 22.3. The van der Waals surface area contributed by atoms with Crippen LogP contribution in [0.3, 0.4) is 0 Å². The number of nitrogens with one attached hydrogen (secondary N) is 2. The highest BCUT2D eigenvalue weighted by atomic mass is 16.5. The Morgan fingerprint density at radius 2 is 1.29 bits per heavy atom. The number of hydrogen-bond acceptors (Lipinski definition) is 8. The van der Waals surface area contributed by atoms with E-state index in [1.165, 1.54) is 35.4 Å². The Morgan fingerprint density at radius 3 is 1.73 bits per heavy atom. The van der Waals surface area contributed by atoms with E-state index in [1.54, 1.807) is 12.1 Å². The van der Waals surface area contributed by atoms with Gasteiger partial charge in [-0.15, -0.1) is 0 Å². The summed E-state index contributed by atoms with van der Waals surface area (Å²) in [6, 6.07) is 11.5. The number of carbonyl (C=O) groups excluding carboxylic acids is 2. The van der Waals surface area contributed by atoms with Gasteiger partial charge in [0.25, 0.3) is 11.8 Å². The van der Waals surface area contributed by atoms with Crippen LogP contribution in [0.15, 0.2) is 36.4 Å². The number of benzene rings is 2. The van der Waals surface area contributed by atoms with E-state index in [4.69, 9.17) is 26.4 Å². The van der Waals surface area contributed by atoms with Crippen LogP contribution in [0.2, 0.25) is 0 Å². The number of nitrogens with two attached hydrogens (primary N) is 2. The van der Waals surface area contributed by atoms with Gasteiger partial charge in [-0.25, -0.2) is 9.36 Å². The van der Waals surface area contributed by atoms with Gasteiger partial charge in [0.1, 0.15) is 0 Å². The van der Waals surface area contributed by atoms with Crippen LogP contribution in [0.5, 0.6) is 0 Å². The fourth-order valence-electron chi connectivity index (χ4n) is 8.84. The van der Waals surface area contributed by atoms with Crippen molar-refractivity contribution in [3.8, 4) is 11.4 Å². The van der Waals surface area contributed by atoms with E-state index in [-0.39, 0.29) is 22.9 Å². The summed E-state index contributed by atoms with van der Waals surface area (Å²) in [4.78, 5) is 23.8. The Hall–Kier alpha value is -4.68. The fourth-order valence-corrected chi connectivity index (χ4v) is 8.84. The van der Waals surface area contributed by atoms with Crippen LogP contribution < -0.4 is 22.1 Å². The first kappa shape index (κ1) is 38.6. The van der Waals surface area contributed by atoms with Crippen LogP contribution in [-0.2, 0) is 30.4 Å². The maximum Gasteiger partial charge on any atom is 0.250 e. The molecule has 4 aliphatic rings. The number of ether oxygens (including phenoxy) is 1. The first-order valence-electron chi connectivity index (χ1n) is 19.9. The summed E-state index contributed by atoms with van der Waals surface area (Å²) in [5.74, 6) is -0.899. The third-order valence-electron chi connectivity index (χ3n) is 12.1. The highest BCUT2D eigenvalue weighted by Gasteiger charge is 2.32. The summed E-state index contributed by atoms with van der Waals surface area (Å²) in [5.41, 5.74) is 23.4. The topological polar surface area (TPSA) is 175 Å². The SMILES string of the molecule is Cc1nn(-c2ccc(C(N)=O)c(N[C@H]3CCC[C@@H]3O)c2)c2c1CCC(C)(C)C2.Cc1nn(-c2ccc(C(N)=O)c(N[C@H]3CCOC3)c2)c2c1CCC(C)(C)C2. The lowest BCUT2D eigenvalue weighted by molar-refractivity contribution is 0.0992. The molecule has 2 amide bonds. The van der Waals surface area contributed by atoms with Gasteiger partial charge in [-0.3, -0.25) is 9.59 Å². The van der Waals surface area contributed by atoms with Crippen molar-refractivity contribution < 1.29 is 19.4 Å². The third kappa shape index (κ3) is 8.16. The Bertz CT molecular complexity index is 2090. The van der Waals surface area contributed by atoms with Crippen LogP contribution in [0, 0.1) is 24.7 Å². The second-order valence-corrected chi connectivity index (χ2v) is 17.7. The van der Waals surface area contributed by atoms with Crippen molar-refractivity contribution in [2.24, 2.45) is 22.3 Å². The molecule has 2 aromatic heterocycles. The molecule has 0 spiro atoms. The zero-order valence-corrected chi connectivity index (χ0v) is 33.3. The Labute approximate surface area is 324 Å². The molecule has 0 radical (unpaired) electrons. The predicted octanol–water partition coefficient (Wildman–Crippen LogP) is 6.12. The average molecular weight is 751 g/mol. The number of carbonyl (C=O) groups is 2. The lowest BCUT2D eigenvalue weighted by Gasteiger charge is -2.30. The Kier molecular flexibility index (Phi) is 10.6. The van der Waals surface area contributed by atoms with Crippen LogP contribution in [0.1, 0.15) is 121 Å². The summed E-state index contributed by atoms with van der Waals surface area (Å²) >= 11 is 0. The molecule has 8 rings (SSSR count). The smallest absolute Gasteiger partial charge is 0.250 e. The minimum atomic E-state index is -0.471. The van der Waals surface area contributed by atoms with Crippen molar-refractivity contribution in [2.75, 3.05) is 23.8 Å². The van der Waals surface area contributed by atoms with Gasteiger partial charge in [-0.05, 0) is 136 Å². The first-order valence-corrected chi connectivity index (χ1v) is 19.9. The second-order valence-electron chi connectivity index (χ2n) is 17.7. The van der Waals surface area contributed by atoms with Gasteiger partial charge < -0.3 is 31.9 Å². The summed E-state index contributed by atoms with van der Waals surface area (Å²) in [6.07, 6.45) is 9.61. The number of aliphatic hydroxyl groups excluding tert-OH is 1. The van der Waals surface area contributed by atoms with Gasteiger partial charge in [-0.2, -0.15) is 10.2 Å². The van der Waals surface area contributed by atoms with Gasteiger partial charge in [0.2, 0.25) is 0 Å². The maximum absolute atomic E-state index is 11.9. The van der Waals surface area contributed by atoms with E-state index in [2.05, 4.69) is 52.2 Å². The number of hydrogen-bond donors (Lipinski definition) is 5. The van der Waals surface area contributed by atoms with Crippen LogP contribution in [0.25, 0.3) is 11.4 Å². The number of aryl methyl sites for hydroxylation is 2. The highest BCUT2D eigenvalue weighted by molar-refractivity contribution is 5.99. The lowest BCUT2D eigenvalue weighted by atomic mass is 9.76. The second kappa shape index (κ2) is 15.1. The Morgan fingerprint density at radius 1 is 0.782 bits per heavy atom. The number of anilines is 2. The molecular weight excluding hydrogens is 693 g/mol. The van der Waals surface area contributed by atoms with Crippen molar-refractivity contribution in [3.05, 3.63) is 81.4 Å². The minimum absolute atomic E-state index is 0.0550. The molecule has 1 aliphatic heterocycles. The van der Waals surface area contributed by atoms with Crippen LogP contribution in [0.4, 0.5) is 11.4 Å². The minimum Gasteiger partial charge on any atom is -0.391 e. The number of aromatic nitrogens is 4. The molecule has 0 unspecified atom stereocenters. The van der Waals surface area contributed by atoms with E-state index in [1.807, 2.05) is 33.6 Å². The molecule has 12 heteroatoms. The number of rotatable bonds is 8. The van der Waals surface area contributed by atoms with Gasteiger partial charge in [0.15, 0.2) is 0 Å². The summed E-state index contributed by atoms with van der Waals surface area (Å²) in [5, 5.41) is 26.6. The molecule has 1 saturated carbocycles. The van der Waals surface area contributed by atoms with Crippen molar-refractivity contribution in [1.29, 1.82) is 0 Å². The largest absolute Gasteiger partial charge is 0.391 e. The zero-order chi connectivity index (χ0) is 39.2. The number of aliphatic hydroxyl groups is 1. The number of nitrogens with zero attached hydrogens (tertiary/aromatic N) is 4. The van der Waals surface area contributed by atoms with E-state index < -0.39 is 17.9 Å². The standard InChI is InChI=1S/C22H30N4O2.C21H28N4O2/c1-13-15-9-10-22(2,3)12-19(15)26(25-13)14-7-8-16(21(23)28)18(11-14)24-17-5-4-6-20(17)27;1-13-16-6-8-21(2,3)11-19(16)25(24-13)15-4-5-17(20(22)26)18(10-15)23-14-7-9-27-12-14/h7-8,11,17,20,24,27H,4-6,9-10,12H2,1-3H3,(H2,23,28);4-5,10,14,23H,6-9,11-12H2,1-3H3,(H2,22,26)/t17-,20-;14-/m00/s1. The molecule has 2 fully saturated rings. The van der Waals surface area contributed by atoms with Crippen molar-refractivity contribution in [1.82, 2.24) is 19.6 Å². The molecule has 3 heterocycles. The van der Waals surface area contributed by atoms with Crippen molar-refractivity contribution in [2.45, 2.75) is 124 Å². The molecule has 0 bridgehead atoms. The quantitative estimate of drug-likeness (QED) is 0.143. The molecule has 3 aliphatic carbocycles. The Balaban J connectivity index is 0.000000169. The summed E-state index contributed by atoms with van der Waals surface area (Å²) in [7, 11) is 0. The van der Waals surface area contributed by atoms with E-state index in [0.29, 0.717) is 23.4 Å². The molecule has 7 N–H and O–H groups in total. The van der Waals surface area contributed by atoms with Crippen LogP contribution >= 0.6 is 0 Å². The van der Waals surface area contributed by atoms with E-state index in [0.717, 1.165) is 86.4 Å². The molecule has 4 aromatic rings. The number of fused-ring (bicyclic) bond motifs is 2. The van der Waals surface area contributed by atoms with Crippen molar-refractivity contribution >= 4 is 23.2 Å². The van der Waals surface area contributed by atoms with Crippen LogP contribution in [-0.4, -0.2) is 67.9 Å². The lowest BCUT2D eigenvalue weighted by Crippen LogP contribution is -2.29. The summed E-state index contributed by atoms with van der Waals surface area (Å²) in [6.45, 7) is 14.8. The first-order chi connectivity index (χ1) is 26.1. The van der Waals surface area contributed by atoms with Gasteiger partial charge in [0, 0.05) is 29.4 Å². The monoisotopic (exact) mass is 750 g/mol. The maximum atomic E-state index is 11.9. The number of primary amides is 2. The van der Waals surface area contributed by atoms with Gasteiger partial charge in [-0.1, -0.05) is 27.7 Å². The van der Waals surface area contributed by atoms with Gasteiger partial charge in [0.05, 0.1) is 58.7 Å². The molecule has 2 aromatic carbocycles. The van der Waals surface area contributed by atoms with E-state index in [9.17, 15) is 14.7 Å². The highest BCUT2D eigenvalue weighted by Crippen LogP contribution is 2.39. The average Bonchev–Trinajstić information content (AvgIpc) is 3.92. The molecule has 3 atom stereocenters. The third-order valence-corrected chi connectivity index (χ3v) is 12.1. The molecule has 55 heavy (non-hydrogen) atoms. The number of amides is 2. The molecule has 12 nitrogen and oxygen atoms in total. The predicted molar refractivity (Wildman–Crippen MR) is 215 cm³/mol. The van der Waals surface area contributed by atoms with Gasteiger partial charge >= 0.3 is 0 Å². The molecule has 1 saturated heterocycles. The fraction of sp³-hybridized carbons (Fsp3) is 0.535. The molecular formula is C43H58N8O4. The van der Waals surface area contributed by atoms with Crippen molar-refractivity contribution in [3.63, 3.8) is 0 Å².